The fraction of sp³-hybridized carbons (Fsp3) is 0.174. The number of rotatable bonds is 6. The summed E-state index contributed by atoms with van der Waals surface area (Å²) in [6, 6.07) is 14.6. The molecule has 0 aliphatic carbocycles. The van der Waals surface area contributed by atoms with E-state index in [4.69, 9.17) is 26.1 Å². The molecule has 0 bridgehead atoms. The summed E-state index contributed by atoms with van der Waals surface area (Å²) in [5.41, 5.74) is 2.79. The summed E-state index contributed by atoms with van der Waals surface area (Å²) in [6.45, 7) is 2.18. The van der Waals surface area contributed by atoms with Crippen LogP contribution >= 0.6 is 22.9 Å². The molecule has 2 aromatic carbocycles. The van der Waals surface area contributed by atoms with E-state index in [-0.39, 0.29) is 12.5 Å². The third-order valence-corrected chi connectivity index (χ3v) is 6.35. The van der Waals surface area contributed by atoms with Gasteiger partial charge in [-0.05, 0) is 48.9 Å². The zero-order valence-corrected chi connectivity index (χ0v) is 18.8. The van der Waals surface area contributed by atoms with Crippen LogP contribution in [0.4, 0.5) is 5.13 Å². The van der Waals surface area contributed by atoms with Crippen molar-refractivity contribution in [2.45, 2.75) is 13.5 Å². The van der Waals surface area contributed by atoms with Crippen LogP contribution in [-0.4, -0.2) is 30.1 Å². The molecule has 0 aliphatic heterocycles. The highest BCUT2D eigenvalue weighted by Gasteiger charge is 2.26. The van der Waals surface area contributed by atoms with Crippen molar-refractivity contribution >= 4 is 44.2 Å². The molecule has 0 fully saturated rings. The molecular weight excluding hydrogens is 434 g/mol. The molecule has 2 heterocycles. The topological polar surface area (TPSA) is 64.5 Å². The molecule has 8 heteroatoms. The first kappa shape index (κ1) is 21.1. The third kappa shape index (κ3) is 4.06. The first-order valence-electron chi connectivity index (χ1n) is 9.52. The van der Waals surface area contributed by atoms with Gasteiger partial charge in [0.1, 0.15) is 0 Å². The summed E-state index contributed by atoms with van der Waals surface area (Å²) in [7, 11) is 3.05. The van der Waals surface area contributed by atoms with E-state index in [2.05, 4.69) is 4.98 Å². The zero-order chi connectivity index (χ0) is 22.0. The SMILES string of the molecule is COc1cccc(C(=O)N(Cc2ccccn2)c2nc3c(C)c(Cl)ccc3s2)c1OC. The Balaban J connectivity index is 1.84. The highest BCUT2D eigenvalue weighted by Crippen LogP contribution is 2.37. The molecule has 0 saturated carbocycles. The fourth-order valence-electron chi connectivity index (χ4n) is 3.29. The van der Waals surface area contributed by atoms with E-state index >= 15 is 0 Å². The normalized spacial score (nSPS) is 10.8. The van der Waals surface area contributed by atoms with Crippen LogP contribution in [0.25, 0.3) is 10.2 Å². The Bertz CT molecular complexity index is 1240. The second-order valence-electron chi connectivity index (χ2n) is 6.77. The van der Waals surface area contributed by atoms with Gasteiger partial charge in [-0.15, -0.1) is 0 Å². The van der Waals surface area contributed by atoms with Crippen LogP contribution in [0.5, 0.6) is 11.5 Å². The molecule has 158 valence electrons. The van der Waals surface area contributed by atoms with Crippen molar-refractivity contribution in [2.75, 3.05) is 19.1 Å². The third-order valence-electron chi connectivity index (χ3n) is 4.89. The highest BCUT2D eigenvalue weighted by atomic mass is 35.5. The van der Waals surface area contributed by atoms with E-state index in [1.807, 2.05) is 37.3 Å². The minimum absolute atomic E-state index is 0.257. The van der Waals surface area contributed by atoms with Crippen molar-refractivity contribution in [1.29, 1.82) is 0 Å². The molecule has 4 rings (SSSR count). The number of nitrogens with zero attached hydrogens (tertiary/aromatic N) is 3. The molecule has 0 aliphatic rings. The van der Waals surface area contributed by atoms with Crippen LogP contribution in [0, 0.1) is 6.92 Å². The Kier molecular flexibility index (Phi) is 6.06. The number of halogens is 1. The van der Waals surface area contributed by atoms with E-state index in [1.165, 1.54) is 25.6 Å². The molecule has 0 saturated heterocycles. The number of carbonyl (C=O) groups is 1. The summed E-state index contributed by atoms with van der Waals surface area (Å²) in [5.74, 6) is 0.601. The number of benzene rings is 2. The van der Waals surface area contributed by atoms with Gasteiger partial charge in [0.05, 0.1) is 42.2 Å². The predicted octanol–water partition coefficient (Wildman–Crippen LogP) is 5.52. The van der Waals surface area contributed by atoms with Crippen molar-refractivity contribution in [3.8, 4) is 11.5 Å². The number of aromatic nitrogens is 2. The van der Waals surface area contributed by atoms with Crippen molar-refractivity contribution in [3.63, 3.8) is 0 Å². The van der Waals surface area contributed by atoms with Crippen LogP contribution in [-0.2, 0) is 6.54 Å². The smallest absolute Gasteiger partial charge is 0.264 e. The van der Waals surface area contributed by atoms with E-state index in [0.717, 1.165) is 21.5 Å². The maximum Gasteiger partial charge on any atom is 0.264 e. The van der Waals surface area contributed by atoms with Crippen molar-refractivity contribution < 1.29 is 14.3 Å². The molecule has 0 spiro atoms. The summed E-state index contributed by atoms with van der Waals surface area (Å²) in [5, 5.41) is 1.20. The lowest BCUT2D eigenvalue weighted by molar-refractivity contribution is 0.0981. The number of hydrogen-bond donors (Lipinski definition) is 0. The standard InChI is InChI=1S/C23H20ClN3O3S/c1-14-17(24)10-11-19-20(14)26-23(31-19)27(13-15-7-4-5-12-25-15)22(28)16-8-6-9-18(29-2)21(16)30-3/h4-12H,13H2,1-3H3. The van der Waals surface area contributed by atoms with Gasteiger partial charge in [-0.3, -0.25) is 14.7 Å². The number of para-hydroxylation sites is 1. The fourth-order valence-corrected chi connectivity index (χ4v) is 4.46. The van der Waals surface area contributed by atoms with Gasteiger partial charge in [-0.25, -0.2) is 4.98 Å². The molecule has 6 nitrogen and oxygen atoms in total. The number of methoxy groups -OCH3 is 2. The lowest BCUT2D eigenvalue weighted by atomic mass is 10.1. The average Bonchev–Trinajstić information content (AvgIpc) is 3.24. The molecule has 4 aromatic rings. The Morgan fingerprint density at radius 3 is 2.65 bits per heavy atom. The molecule has 1 amide bonds. The number of carbonyl (C=O) groups excluding carboxylic acids is 1. The maximum atomic E-state index is 13.7. The summed E-state index contributed by atoms with van der Waals surface area (Å²) in [6.07, 6.45) is 1.70. The van der Waals surface area contributed by atoms with Gasteiger partial charge < -0.3 is 9.47 Å². The number of pyridine rings is 1. The van der Waals surface area contributed by atoms with Gasteiger partial charge >= 0.3 is 0 Å². The largest absolute Gasteiger partial charge is 0.493 e. The minimum atomic E-state index is -0.260. The molecule has 31 heavy (non-hydrogen) atoms. The molecule has 0 radical (unpaired) electrons. The molecule has 0 unspecified atom stereocenters. The van der Waals surface area contributed by atoms with Gasteiger partial charge in [0, 0.05) is 11.2 Å². The number of aryl methyl sites for hydroxylation is 1. The number of fused-ring (bicyclic) bond motifs is 1. The van der Waals surface area contributed by atoms with E-state index in [9.17, 15) is 4.79 Å². The lowest BCUT2D eigenvalue weighted by Gasteiger charge is -2.21. The zero-order valence-electron chi connectivity index (χ0n) is 17.3. The molecule has 0 atom stereocenters. The van der Waals surface area contributed by atoms with Gasteiger partial charge in [0.25, 0.3) is 5.91 Å². The Morgan fingerprint density at radius 1 is 1.10 bits per heavy atom. The number of amides is 1. The Labute approximate surface area is 189 Å². The summed E-state index contributed by atoms with van der Waals surface area (Å²) >= 11 is 7.71. The summed E-state index contributed by atoms with van der Waals surface area (Å²) in [4.78, 5) is 24.5. The van der Waals surface area contributed by atoms with Gasteiger partial charge in [0.2, 0.25) is 0 Å². The maximum absolute atomic E-state index is 13.7. The van der Waals surface area contributed by atoms with Crippen molar-refractivity contribution in [2.24, 2.45) is 0 Å². The highest BCUT2D eigenvalue weighted by molar-refractivity contribution is 7.22. The lowest BCUT2D eigenvalue weighted by Crippen LogP contribution is -2.31. The van der Waals surface area contributed by atoms with Gasteiger partial charge in [-0.2, -0.15) is 0 Å². The number of anilines is 1. The van der Waals surface area contributed by atoms with Gasteiger partial charge in [0.15, 0.2) is 16.6 Å². The molecule has 0 N–H and O–H groups in total. The van der Waals surface area contributed by atoms with E-state index in [0.29, 0.717) is 27.2 Å². The Morgan fingerprint density at radius 2 is 1.94 bits per heavy atom. The van der Waals surface area contributed by atoms with Crippen LogP contribution in [0.2, 0.25) is 5.02 Å². The van der Waals surface area contributed by atoms with Crippen LogP contribution < -0.4 is 14.4 Å². The van der Waals surface area contributed by atoms with Crippen LogP contribution in [0.3, 0.4) is 0 Å². The van der Waals surface area contributed by atoms with Crippen LogP contribution in [0.1, 0.15) is 21.6 Å². The predicted molar refractivity (Wildman–Crippen MR) is 124 cm³/mol. The Hall–Kier alpha value is -3.16. The van der Waals surface area contributed by atoms with E-state index in [1.54, 1.807) is 29.3 Å². The van der Waals surface area contributed by atoms with Crippen molar-refractivity contribution in [3.05, 3.63) is 76.6 Å². The number of ether oxygens (including phenoxy) is 2. The second kappa shape index (κ2) is 8.91. The van der Waals surface area contributed by atoms with E-state index < -0.39 is 0 Å². The first-order valence-corrected chi connectivity index (χ1v) is 10.7. The number of hydrogen-bond acceptors (Lipinski definition) is 6. The first-order chi connectivity index (χ1) is 15.0. The monoisotopic (exact) mass is 453 g/mol. The quantitative estimate of drug-likeness (QED) is 0.384. The average molecular weight is 454 g/mol. The minimum Gasteiger partial charge on any atom is -0.493 e. The summed E-state index contributed by atoms with van der Waals surface area (Å²) < 4.78 is 11.8. The van der Waals surface area contributed by atoms with Gasteiger partial charge in [-0.1, -0.05) is 35.1 Å². The molecule has 2 aromatic heterocycles. The van der Waals surface area contributed by atoms with Crippen LogP contribution in [0.15, 0.2) is 54.7 Å². The van der Waals surface area contributed by atoms with Crippen molar-refractivity contribution in [1.82, 2.24) is 9.97 Å². The molecular formula is C23H20ClN3O3S. The number of thiazole rings is 1. The second-order valence-corrected chi connectivity index (χ2v) is 8.19.